The standard InChI is InChI=1S/C15H20FN3O2/c1-18-8-7-17-15(21)13(18)9-14(20)19(2)10-11-3-5-12(16)6-4-11/h3-6,13H,7-10H2,1-2H3,(H,17,21). The minimum atomic E-state index is -0.415. The summed E-state index contributed by atoms with van der Waals surface area (Å²) in [6.07, 6.45) is 0.153. The number of hydrogen-bond acceptors (Lipinski definition) is 3. The highest BCUT2D eigenvalue weighted by Crippen LogP contribution is 2.11. The van der Waals surface area contributed by atoms with E-state index in [9.17, 15) is 14.0 Å². The maximum Gasteiger partial charge on any atom is 0.237 e. The normalized spacial score (nSPS) is 19.2. The highest BCUT2D eigenvalue weighted by molar-refractivity contribution is 5.88. The fourth-order valence-corrected chi connectivity index (χ4v) is 2.35. The fourth-order valence-electron chi connectivity index (χ4n) is 2.35. The van der Waals surface area contributed by atoms with Gasteiger partial charge in [0.1, 0.15) is 5.82 Å². The first-order valence-corrected chi connectivity index (χ1v) is 6.93. The second-order valence-electron chi connectivity index (χ2n) is 5.37. The molecule has 6 heteroatoms. The molecule has 1 atom stereocenters. The predicted molar refractivity (Wildman–Crippen MR) is 76.9 cm³/mol. The molecular formula is C15H20FN3O2. The van der Waals surface area contributed by atoms with Crippen molar-refractivity contribution in [2.75, 3.05) is 27.2 Å². The molecule has 1 aliphatic heterocycles. The lowest BCUT2D eigenvalue weighted by Crippen LogP contribution is -2.54. The van der Waals surface area contributed by atoms with E-state index in [1.54, 1.807) is 24.1 Å². The molecule has 0 saturated carbocycles. The van der Waals surface area contributed by atoms with Gasteiger partial charge in [0.25, 0.3) is 0 Å². The van der Waals surface area contributed by atoms with E-state index in [4.69, 9.17) is 0 Å². The van der Waals surface area contributed by atoms with Crippen LogP contribution in [-0.2, 0) is 16.1 Å². The molecule has 2 amide bonds. The Labute approximate surface area is 123 Å². The quantitative estimate of drug-likeness (QED) is 0.885. The van der Waals surface area contributed by atoms with Crippen molar-refractivity contribution in [1.82, 2.24) is 15.1 Å². The van der Waals surface area contributed by atoms with Crippen LogP contribution >= 0.6 is 0 Å². The Morgan fingerprint density at radius 3 is 2.71 bits per heavy atom. The molecule has 1 aromatic carbocycles. The number of carbonyl (C=O) groups is 2. The van der Waals surface area contributed by atoms with Crippen LogP contribution in [0.2, 0.25) is 0 Å². The van der Waals surface area contributed by atoms with Crippen molar-refractivity contribution < 1.29 is 14.0 Å². The second kappa shape index (κ2) is 6.67. The van der Waals surface area contributed by atoms with Crippen molar-refractivity contribution in [2.45, 2.75) is 19.0 Å². The largest absolute Gasteiger partial charge is 0.353 e. The first kappa shape index (κ1) is 15.4. The van der Waals surface area contributed by atoms with Crippen LogP contribution in [0.4, 0.5) is 4.39 Å². The monoisotopic (exact) mass is 293 g/mol. The van der Waals surface area contributed by atoms with Gasteiger partial charge in [-0.1, -0.05) is 12.1 Å². The van der Waals surface area contributed by atoms with Crippen LogP contribution in [0, 0.1) is 5.82 Å². The number of benzene rings is 1. The summed E-state index contributed by atoms with van der Waals surface area (Å²) in [6, 6.07) is 5.63. The minimum absolute atomic E-state index is 0.103. The average Bonchev–Trinajstić information content (AvgIpc) is 2.45. The van der Waals surface area contributed by atoms with Crippen LogP contribution in [0.1, 0.15) is 12.0 Å². The topological polar surface area (TPSA) is 52.7 Å². The molecular weight excluding hydrogens is 273 g/mol. The first-order chi connectivity index (χ1) is 9.97. The van der Waals surface area contributed by atoms with Crippen molar-refractivity contribution in [3.05, 3.63) is 35.6 Å². The lowest BCUT2D eigenvalue weighted by Gasteiger charge is -2.32. The third-order valence-electron chi connectivity index (χ3n) is 3.73. The number of amides is 2. The summed E-state index contributed by atoms with van der Waals surface area (Å²) in [5.41, 5.74) is 0.855. The van der Waals surface area contributed by atoms with Crippen LogP contribution < -0.4 is 5.32 Å². The zero-order chi connectivity index (χ0) is 15.4. The van der Waals surface area contributed by atoms with E-state index in [1.165, 1.54) is 12.1 Å². The lowest BCUT2D eigenvalue weighted by atomic mass is 10.1. The maximum absolute atomic E-state index is 12.8. The molecule has 0 aromatic heterocycles. The van der Waals surface area contributed by atoms with E-state index in [-0.39, 0.29) is 24.1 Å². The van der Waals surface area contributed by atoms with Gasteiger partial charge in [0.05, 0.1) is 12.5 Å². The first-order valence-electron chi connectivity index (χ1n) is 6.93. The van der Waals surface area contributed by atoms with E-state index in [0.29, 0.717) is 13.1 Å². The SMILES string of the molecule is CN(Cc1ccc(F)cc1)C(=O)CC1C(=O)NCCN1C. The molecule has 1 aliphatic rings. The Kier molecular flexibility index (Phi) is 4.90. The molecule has 0 bridgehead atoms. The van der Waals surface area contributed by atoms with Gasteiger partial charge in [0.15, 0.2) is 0 Å². The molecule has 0 spiro atoms. The minimum Gasteiger partial charge on any atom is -0.353 e. The molecule has 21 heavy (non-hydrogen) atoms. The number of piperazine rings is 1. The van der Waals surface area contributed by atoms with E-state index in [0.717, 1.165) is 12.1 Å². The van der Waals surface area contributed by atoms with E-state index < -0.39 is 6.04 Å². The van der Waals surface area contributed by atoms with Crippen LogP contribution in [0.25, 0.3) is 0 Å². The molecule has 5 nitrogen and oxygen atoms in total. The third-order valence-corrected chi connectivity index (χ3v) is 3.73. The lowest BCUT2D eigenvalue weighted by molar-refractivity contribution is -0.137. The van der Waals surface area contributed by atoms with Gasteiger partial charge >= 0.3 is 0 Å². The highest BCUT2D eigenvalue weighted by Gasteiger charge is 2.29. The van der Waals surface area contributed by atoms with E-state index >= 15 is 0 Å². The molecule has 1 fully saturated rings. The van der Waals surface area contributed by atoms with Crippen molar-refractivity contribution in [3.8, 4) is 0 Å². The van der Waals surface area contributed by atoms with Crippen molar-refractivity contribution in [2.24, 2.45) is 0 Å². The number of nitrogens with zero attached hydrogens (tertiary/aromatic N) is 2. The van der Waals surface area contributed by atoms with Gasteiger partial charge in [-0.2, -0.15) is 0 Å². The molecule has 0 aliphatic carbocycles. The summed E-state index contributed by atoms with van der Waals surface area (Å²) in [7, 11) is 3.53. The Morgan fingerprint density at radius 1 is 1.43 bits per heavy atom. The van der Waals surface area contributed by atoms with E-state index in [2.05, 4.69) is 5.32 Å². The van der Waals surface area contributed by atoms with Crippen LogP contribution in [-0.4, -0.2) is 54.8 Å². The van der Waals surface area contributed by atoms with E-state index in [1.807, 2.05) is 11.9 Å². The third kappa shape index (κ3) is 4.01. The van der Waals surface area contributed by atoms with Crippen molar-refractivity contribution in [3.63, 3.8) is 0 Å². The molecule has 114 valence electrons. The van der Waals surface area contributed by atoms with Crippen molar-refractivity contribution >= 4 is 11.8 Å². The molecule has 1 unspecified atom stereocenters. The Bertz CT molecular complexity index is 518. The van der Waals surface area contributed by atoms with Gasteiger partial charge in [-0.25, -0.2) is 4.39 Å². The zero-order valence-electron chi connectivity index (χ0n) is 12.3. The van der Waals surface area contributed by atoms with Gasteiger partial charge in [0.2, 0.25) is 11.8 Å². The van der Waals surface area contributed by atoms with Crippen LogP contribution in [0.5, 0.6) is 0 Å². The van der Waals surface area contributed by atoms with Crippen LogP contribution in [0.15, 0.2) is 24.3 Å². The average molecular weight is 293 g/mol. The summed E-state index contributed by atoms with van der Waals surface area (Å²) in [5.74, 6) is -0.506. The summed E-state index contributed by atoms with van der Waals surface area (Å²) >= 11 is 0. The molecule has 1 aromatic rings. The molecule has 2 rings (SSSR count). The Balaban J connectivity index is 1.92. The molecule has 1 N–H and O–H groups in total. The van der Waals surface area contributed by atoms with Gasteiger partial charge in [-0.3, -0.25) is 14.5 Å². The Hall–Kier alpha value is -1.95. The maximum atomic E-state index is 12.8. The molecule has 1 saturated heterocycles. The highest BCUT2D eigenvalue weighted by atomic mass is 19.1. The molecule has 0 radical (unpaired) electrons. The Morgan fingerprint density at radius 2 is 2.10 bits per heavy atom. The van der Waals surface area contributed by atoms with Gasteiger partial charge < -0.3 is 10.2 Å². The summed E-state index contributed by atoms with van der Waals surface area (Å²) < 4.78 is 12.8. The fraction of sp³-hybridized carbons (Fsp3) is 0.467. The predicted octanol–water partition coefficient (Wildman–Crippen LogP) is 0.604. The number of rotatable bonds is 4. The smallest absolute Gasteiger partial charge is 0.237 e. The number of hydrogen-bond donors (Lipinski definition) is 1. The zero-order valence-corrected chi connectivity index (χ0v) is 12.3. The number of carbonyl (C=O) groups excluding carboxylic acids is 2. The molecule has 1 heterocycles. The summed E-state index contributed by atoms with van der Waals surface area (Å²) in [4.78, 5) is 27.5. The number of likely N-dealkylation sites (N-methyl/N-ethyl adjacent to an activating group) is 1. The van der Waals surface area contributed by atoms with Crippen molar-refractivity contribution in [1.29, 1.82) is 0 Å². The van der Waals surface area contributed by atoms with Gasteiger partial charge in [0, 0.05) is 26.7 Å². The summed E-state index contributed by atoms with van der Waals surface area (Å²) in [5, 5.41) is 2.77. The van der Waals surface area contributed by atoms with Gasteiger partial charge in [-0.15, -0.1) is 0 Å². The van der Waals surface area contributed by atoms with Gasteiger partial charge in [-0.05, 0) is 24.7 Å². The van der Waals surface area contributed by atoms with Crippen LogP contribution in [0.3, 0.4) is 0 Å². The summed E-state index contributed by atoms with van der Waals surface area (Å²) in [6.45, 7) is 1.76. The number of halogens is 1. The number of nitrogens with one attached hydrogen (secondary N) is 1. The second-order valence-corrected chi connectivity index (χ2v) is 5.37.